The molecule has 5 heterocycles. The smallest absolute Gasteiger partial charge is 0.381 e. The minimum absolute atomic E-state index is 0.0578. The summed E-state index contributed by atoms with van der Waals surface area (Å²) in [6.45, 7) is 4.12. The second-order valence-electron chi connectivity index (χ2n) is 12.9. The number of hydrogen-bond donors (Lipinski definition) is 2. The molecule has 4 unspecified atom stereocenters. The molecule has 3 aromatic rings. The number of rotatable bonds is 8. The molecule has 4 atom stereocenters. The second-order valence-corrected chi connectivity index (χ2v) is 12.9. The average Bonchev–Trinajstić information content (AvgIpc) is 3.77. The molecule has 6 rings (SSSR count). The zero-order valence-electron chi connectivity index (χ0n) is 25.6. The van der Waals surface area contributed by atoms with Crippen LogP contribution < -0.4 is 10.6 Å². The number of fused-ring (bicyclic) bond motifs is 1. The van der Waals surface area contributed by atoms with E-state index in [9.17, 15) is 31.5 Å². The maximum Gasteiger partial charge on any atom is 0.393 e. The van der Waals surface area contributed by atoms with Gasteiger partial charge in [-0.1, -0.05) is 0 Å². The molecule has 0 aromatic carbocycles. The van der Waals surface area contributed by atoms with E-state index >= 15 is 0 Å². The number of aromatic nitrogens is 6. The van der Waals surface area contributed by atoms with Gasteiger partial charge in [0.15, 0.2) is 0 Å². The zero-order chi connectivity index (χ0) is 32.8. The number of carbonyl (C=O) groups excluding carboxylic acids is 2. The van der Waals surface area contributed by atoms with Crippen LogP contribution >= 0.6 is 0 Å². The van der Waals surface area contributed by atoms with Crippen molar-refractivity contribution in [3.63, 3.8) is 0 Å². The van der Waals surface area contributed by atoms with Gasteiger partial charge in [0.05, 0.1) is 41.8 Å². The Morgan fingerprint density at radius 3 is 2.63 bits per heavy atom. The summed E-state index contributed by atoms with van der Waals surface area (Å²) >= 11 is 0. The molecule has 3 aliphatic rings. The quantitative estimate of drug-likeness (QED) is 0.342. The number of piperidine rings is 1. The predicted molar refractivity (Wildman–Crippen MR) is 153 cm³/mol. The van der Waals surface area contributed by atoms with Crippen molar-refractivity contribution < 1.29 is 36.3 Å². The molecule has 3 fully saturated rings. The molecule has 2 amide bonds. The number of imidazole rings is 1. The molecule has 11 nitrogen and oxygen atoms in total. The van der Waals surface area contributed by atoms with Crippen LogP contribution in [0.15, 0.2) is 18.5 Å². The monoisotopic (exact) mass is 652 g/mol. The largest absolute Gasteiger partial charge is 0.393 e. The van der Waals surface area contributed by atoms with E-state index < -0.39 is 48.3 Å². The number of alkyl halides is 5. The van der Waals surface area contributed by atoms with E-state index in [1.54, 1.807) is 16.9 Å². The first kappa shape index (κ1) is 32.3. The van der Waals surface area contributed by atoms with E-state index in [0.717, 1.165) is 0 Å². The number of amides is 2. The van der Waals surface area contributed by atoms with Crippen molar-refractivity contribution in [2.24, 2.45) is 17.8 Å². The Balaban J connectivity index is 1.35. The minimum Gasteiger partial charge on any atom is -0.381 e. The first-order valence-electron chi connectivity index (χ1n) is 15.7. The van der Waals surface area contributed by atoms with E-state index in [0.29, 0.717) is 42.4 Å². The summed E-state index contributed by atoms with van der Waals surface area (Å²) in [5.74, 6) is -6.66. The molecule has 2 saturated heterocycles. The van der Waals surface area contributed by atoms with Crippen LogP contribution in [0, 0.1) is 17.8 Å². The second kappa shape index (κ2) is 12.5. The lowest BCUT2D eigenvalue weighted by atomic mass is 9.81. The van der Waals surface area contributed by atoms with Crippen molar-refractivity contribution in [3.8, 4) is 0 Å². The standard InChI is InChI=1S/C30H37F5N8O3/c1-16(2)43-23(5-9-37-43)27(45)39-24(17-3-7-29(31,32)8-4-17)22-14-42-28(38-22)40-25(18-6-10-46-15-18)21(41-42)12-19-11-20(30(33,34)35)13-36-26(19)44/h5,9,14,16-20,24H,3-4,6-8,10-13,15H2,1-2H3,(H,36,44)(H,39,45). The lowest BCUT2D eigenvalue weighted by molar-refractivity contribution is -0.183. The van der Waals surface area contributed by atoms with Gasteiger partial charge in [0.2, 0.25) is 11.8 Å². The number of ether oxygens (including phenoxy) is 1. The van der Waals surface area contributed by atoms with Crippen LogP contribution in [0.5, 0.6) is 0 Å². The third-order valence-corrected chi connectivity index (χ3v) is 9.35. The molecule has 1 saturated carbocycles. The number of nitrogens with zero attached hydrogens (tertiary/aromatic N) is 6. The SMILES string of the molecule is CC(C)n1nccc1C(=O)NC(c1cn2nc(CC3CC(C(F)(F)F)CNC3=O)c(C3CCOC3)nc2n1)C1CCC(F)(F)CC1. The molecule has 2 aliphatic heterocycles. The van der Waals surface area contributed by atoms with Crippen molar-refractivity contribution in [2.45, 2.75) is 88.9 Å². The zero-order valence-corrected chi connectivity index (χ0v) is 25.6. The van der Waals surface area contributed by atoms with Gasteiger partial charge in [-0.25, -0.2) is 23.3 Å². The van der Waals surface area contributed by atoms with Crippen LogP contribution in [-0.2, 0) is 16.0 Å². The molecule has 3 aromatic heterocycles. The van der Waals surface area contributed by atoms with Gasteiger partial charge < -0.3 is 15.4 Å². The Bertz CT molecular complexity index is 1570. The van der Waals surface area contributed by atoms with Crippen molar-refractivity contribution in [2.75, 3.05) is 19.8 Å². The van der Waals surface area contributed by atoms with Crippen LogP contribution in [0.4, 0.5) is 22.0 Å². The van der Waals surface area contributed by atoms with E-state index in [2.05, 4.69) is 15.7 Å². The van der Waals surface area contributed by atoms with E-state index in [1.807, 2.05) is 13.8 Å². The molecule has 0 bridgehead atoms. The topological polar surface area (TPSA) is 128 Å². The Hall–Kier alpha value is -3.69. The fraction of sp³-hybridized carbons (Fsp3) is 0.667. The van der Waals surface area contributed by atoms with Crippen LogP contribution in [0.2, 0.25) is 0 Å². The number of carbonyl (C=O) groups is 2. The van der Waals surface area contributed by atoms with Crippen LogP contribution in [0.3, 0.4) is 0 Å². The molecule has 2 N–H and O–H groups in total. The first-order valence-corrected chi connectivity index (χ1v) is 15.7. The highest BCUT2D eigenvalue weighted by molar-refractivity contribution is 5.92. The maximum atomic E-state index is 14.1. The van der Waals surface area contributed by atoms with Gasteiger partial charge in [-0.05, 0) is 51.5 Å². The third kappa shape index (κ3) is 6.72. The molecule has 1 aliphatic carbocycles. The van der Waals surface area contributed by atoms with E-state index in [1.165, 1.54) is 10.7 Å². The van der Waals surface area contributed by atoms with E-state index in [-0.39, 0.29) is 62.2 Å². The Morgan fingerprint density at radius 1 is 1.20 bits per heavy atom. The Labute approximate surface area is 261 Å². The summed E-state index contributed by atoms with van der Waals surface area (Å²) in [7, 11) is 0. The summed E-state index contributed by atoms with van der Waals surface area (Å²) in [4.78, 5) is 35.6. The normalized spacial score (nSPS) is 24.8. The molecule has 0 radical (unpaired) electrons. The van der Waals surface area contributed by atoms with Gasteiger partial charge >= 0.3 is 6.18 Å². The highest BCUT2D eigenvalue weighted by Crippen LogP contribution is 2.42. The summed E-state index contributed by atoms with van der Waals surface area (Å²) < 4.78 is 77.4. The molecule has 46 heavy (non-hydrogen) atoms. The van der Waals surface area contributed by atoms with Crippen molar-refractivity contribution in [3.05, 3.63) is 41.2 Å². The maximum absolute atomic E-state index is 14.1. The fourth-order valence-corrected chi connectivity index (χ4v) is 6.76. The fourth-order valence-electron chi connectivity index (χ4n) is 6.76. The van der Waals surface area contributed by atoms with Crippen LogP contribution in [0.1, 0.15) is 97.9 Å². The van der Waals surface area contributed by atoms with Gasteiger partial charge in [0, 0.05) is 56.5 Å². The first-order chi connectivity index (χ1) is 21.8. The molecular weight excluding hydrogens is 615 g/mol. The summed E-state index contributed by atoms with van der Waals surface area (Å²) in [6, 6.07) is 0.738. The highest BCUT2D eigenvalue weighted by Gasteiger charge is 2.45. The molecule has 250 valence electrons. The number of nitrogens with one attached hydrogen (secondary N) is 2. The number of halogens is 5. The average molecular weight is 653 g/mol. The van der Waals surface area contributed by atoms with Crippen molar-refractivity contribution in [1.82, 2.24) is 40.0 Å². The van der Waals surface area contributed by atoms with Crippen molar-refractivity contribution in [1.29, 1.82) is 0 Å². The summed E-state index contributed by atoms with van der Waals surface area (Å²) in [5, 5.41) is 14.3. The summed E-state index contributed by atoms with van der Waals surface area (Å²) in [5.41, 5.74) is 1.56. The third-order valence-electron chi connectivity index (χ3n) is 9.35. The predicted octanol–water partition coefficient (Wildman–Crippen LogP) is 4.56. The van der Waals surface area contributed by atoms with Crippen LogP contribution in [0.25, 0.3) is 5.78 Å². The van der Waals surface area contributed by atoms with E-state index in [4.69, 9.17) is 19.8 Å². The lowest BCUT2D eigenvalue weighted by Gasteiger charge is -2.33. The van der Waals surface area contributed by atoms with Gasteiger partial charge in [0.1, 0.15) is 5.69 Å². The minimum atomic E-state index is -4.45. The highest BCUT2D eigenvalue weighted by atomic mass is 19.4. The van der Waals surface area contributed by atoms with Gasteiger partial charge in [0.25, 0.3) is 11.7 Å². The molecule has 16 heteroatoms. The Morgan fingerprint density at radius 2 is 1.96 bits per heavy atom. The van der Waals surface area contributed by atoms with Crippen molar-refractivity contribution >= 4 is 17.6 Å². The van der Waals surface area contributed by atoms with Gasteiger partial charge in [-0.3, -0.25) is 14.3 Å². The number of hydrogen-bond acceptors (Lipinski definition) is 7. The molecule has 0 spiro atoms. The Kier molecular flexibility index (Phi) is 8.76. The van der Waals surface area contributed by atoms with Gasteiger partial charge in [-0.2, -0.15) is 23.4 Å². The lowest BCUT2D eigenvalue weighted by Crippen LogP contribution is -2.47. The van der Waals surface area contributed by atoms with Gasteiger partial charge in [-0.15, -0.1) is 0 Å². The summed E-state index contributed by atoms with van der Waals surface area (Å²) in [6.07, 6.45) is -1.50. The van der Waals surface area contributed by atoms with Crippen LogP contribution in [-0.4, -0.2) is 73.0 Å². The molecular formula is C30H37F5N8O3.